The van der Waals surface area contributed by atoms with Crippen LogP contribution in [-0.2, 0) is 0 Å². The van der Waals surface area contributed by atoms with E-state index in [0.29, 0.717) is 31.0 Å². The Bertz CT molecular complexity index is 348. The summed E-state index contributed by atoms with van der Waals surface area (Å²) < 4.78 is 36.5. The van der Waals surface area contributed by atoms with Crippen LogP contribution in [0.15, 0.2) is 4.99 Å². The third-order valence-corrected chi connectivity index (χ3v) is 3.83. The van der Waals surface area contributed by atoms with Crippen molar-refractivity contribution < 1.29 is 13.2 Å². The lowest BCUT2D eigenvalue weighted by atomic mass is 9.97. The van der Waals surface area contributed by atoms with Gasteiger partial charge >= 0.3 is 6.18 Å². The van der Waals surface area contributed by atoms with Crippen LogP contribution in [0.1, 0.15) is 40.0 Å². The Balaban J connectivity index is 0.00000484. The maximum Gasteiger partial charge on any atom is 0.390 e. The lowest BCUT2D eigenvalue weighted by Gasteiger charge is -2.34. The van der Waals surface area contributed by atoms with Gasteiger partial charge in [0.05, 0.1) is 6.42 Å². The smallest absolute Gasteiger partial charge is 0.357 e. The van der Waals surface area contributed by atoms with E-state index in [1.807, 2.05) is 6.92 Å². The SMILES string of the molecule is CCNC(=NCC1CCCN(C(C)C)C1)NCCC(F)(F)F.I. The van der Waals surface area contributed by atoms with Gasteiger partial charge in [-0.1, -0.05) is 0 Å². The van der Waals surface area contributed by atoms with Gasteiger partial charge in [-0.2, -0.15) is 13.2 Å². The van der Waals surface area contributed by atoms with Gasteiger partial charge < -0.3 is 15.5 Å². The molecule has 0 aromatic rings. The Morgan fingerprint density at radius 1 is 1.30 bits per heavy atom. The summed E-state index contributed by atoms with van der Waals surface area (Å²) in [6.45, 7) is 9.58. The van der Waals surface area contributed by atoms with Gasteiger partial charge in [0, 0.05) is 32.2 Å². The van der Waals surface area contributed by atoms with Crippen LogP contribution in [0.4, 0.5) is 13.2 Å². The van der Waals surface area contributed by atoms with Crippen molar-refractivity contribution in [2.75, 3.05) is 32.7 Å². The van der Waals surface area contributed by atoms with Gasteiger partial charge in [-0.25, -0.2) is 0 Å². The monoisotopic (exact) mass is 450 g/mol. The van der Waals surface area contributed by atoms with E-state index in [0.717, 1.165) is 25.9 Å². The first-order valence-electron chi connectivity index (χ1n) is 8.14. The number of halogens is 4. The number of aliphatic imine (C=N–C) groups is 1. The van der Waals surface area contributed by atoms with Crippen molar-refractivity contribution in [1.29, 1.82) is 0 Å². The minimum atomic E-state index is -4.13. The number of nitrogens with zero attached hydrogens (tertiary/aromatic N) is 2. The molecule has 0 spiro atoms. The molecule has 1 heterocycles. The van der Waals surface area contributed by atoms with Crippen LogP contribution in [0, 0.1) is 5.92 Å². The first-order valence-corrected chi connectivity index (χ1v) is 8.14. The lowest BCUT2D eigenvalue weighted by Crippen LogP contribution is -2.42. The number of likely N-dealkylation sites (tertiary alicyclic amines) is 1. The largest absolute Gasteiger partial charge is 0.390 e. The zero-order chi connectivity index (χ0) is 16.6. The molecule has 0 bridgehead atoms. The van der Waals surface area contributed by atoms with Crippen LogP contribution in [0.25, 0.3) is 0 Å². The number of rotatable bonds is 6. The van der Waals surface area contributed by atoms with Gasteiger partial charge in [0.2, 0.25) is 0 Å². The number of alkyl halides is 3. The average Bonchev–Trinajstić information content (AvgIpc) is 2.43. The summed E-state index contributed by atoms with van der Waals surface area (Å²) in [6.07, 6.45) is -2.68. The molecule has 0 aromatic heterocycles. The van der Waals surface area contributed by atoms with Gasteiger partial charge in [-0.15, -0.1) is 24.0 Å². The van der Waals surface area contributed by atoms with Crippen LogP contribution in [-0.4, -0.2) is 55.8 Å². The molecule has 0 amide bonds. The molecule has 0 aromatic carbocycles. The fourth-order valence-corrected chi connectivity index (χ4v) is 2.60. The van der Waals surface area contributed by atoms with E-state index in [4.69, 9.17) is 0 Å². The molecule has 1 rings (SSSR count). The third kappa shape index (κ3) is 10.3. The first-order chi connectivity index (χ1) is 10.3. The summed E-state index contributed by atoms with van der Waals surface area (Å²) in [5.41, 5.74) is 0. The number of piperidine rings is 1. The van der Waals surface area contributed by atoms with E-state index >= 15 is 0 Å². The standard InChI is InChI=1S/C15H29F3N4.HI/c1-4-19-14(20-8-7-15(16,17)18)21-10-13-6-5-9-22(11-13)12(2)3;/h12-13H,4-11H2,1-3H3,(H2,19,20,21);1H. The van der Waals surface area contributed by atoms with Crippen molar-refractivity contribution in [1.82, 2.24) is 15.5 Å². The van der Waals surface area contributed by atoms with Gasteiger partial charge in [0.25, 0.3) is 0 Å². The molecule has 1 fully saturated rings. The summed E-state index contributed by atoms with van der Waals surface area (Å²) in [5, 5.41) is 5.76. The number of guanidine groups is 1. The molecule has 1 aliphatic heterocycles. The molecular formula is C15H30F3IN4. The molecule has 2 N–H and O–H groups in total. The van der Waals surface area contributed by atoms with Gasteiger partial charge in [0.15, 0.2) is 5.96 Å². The molecule has 1 aliphatic rings. The summed E-state index contributed by atoms with van der Waals surface area (Å²) in [5.74, 6) is 0.961. The van der Waals surface area contributed by atoms with Crippen molar-refractivity contribution in [3.05, 3.63) is 0 Å². The fourth-order valence-electron chi connectivity index (χ4n) is 2.60. The highest BCUT2D eigenvalue weighted by molar-refractivity contribution is 14.0. The second-order valence-electron chi connectivity index (χ2n) is 6.11. The zero-order valence-electron chi connectivity index (χ0n) is 14.2. The Labute approximate surface area is 154 Å². The van der Waals surface area contributed by atoms with Crippen LogP contribution < -0.4 is 10.6 Å². The van der Waals surface area contributed by atoms with Gasteiger partial charge in [0.1, 0.15) is 0 Å². The molecule has 0 saturated carbocycles. The summed E-state index contributed by atoms with van der Waals surface area (Å²) in [6, 6.07) is 0.532. The van der Waals surface area contributed by atoms with E-state index in [9.17, 15) is 13.2 Å². The van der Waals surface area contributed by atoms with E-state index in [2.05, 4.69) is 34.4 Å². The van der Waals surface area contributed by atoms with Crippen molar-refractivity contribution in [2.24, 2.45) is 10.9 Å². The quantitative estimate of drug-likeness (QED) is 0.371. The molecule has 1 atom stereocenters. The second kappa shape index (κ2) is 11.3. The maximum absolute atomic E-state index is 12.2. The fraction of sp³-hybridized carbons (Fsp3) is 0.933. The Kier molecular flexibility index (Phi) is 11.2. The summed E-state index contributed by atoms with van der Waals surface area (Å²) in [7, 11) is 0. The molecule has 0 radical (unpaired) electrons. The summed E-state index contributed by atoms with van der Waals surface area (Å²) in [4.78, 5) is 6.89. The third-order valence-electron chi connectivity index (χ3n) is 3.83. The first kappa shape index (κ1) is 22.8. The molecule has 138 valence electrons. The summed E-state index contributed by atoms with van der Waals surface area (Å²) >= 11 is 0. The molecule has 0 aliphatic carbocycles. The van der Waals surface area contributed by atoms with E-state index in [1.54, 1.807) is 0 Å². The normalized spacial score (nSPS) is 20.3. The molecule has 23 heavy (non-hydrogen) atoms. The van der Waals surface area contributed by atoms with Crippen molar-refractivity contribution in [3.63, 3.8) is 0 Å². The van der Waals surface area contributed by atoms with E-state index in [1.165, 1.54) is 0 Å². The van der Waals surface area contributed by atoms with Crippen LogP contribution in [0.3, 0.4) is 0 Å². The Morgan fingerprint density at radius 2 is 2.00 bits per heavy atom. The predicted molar refractivity (Wildman–Crippen MR) is 99.5 cm³/mol. The van der Waals surface area contributed by atoms with Gasteiger partial charge in [-0.3, -0.25) is 4.99 Å². The highest BCUT2D eigenvalue weighted by atomic mass is 127. The zero-order valence-corrected chi connectivity index (χ0v) is 16.6. The number of hydrogen-bond donors (Lipinski definition) is 2. The topological polar surface area (TPSA) is 39.7 Å². The Morgan fingerprint density at radius 3 is 2.57 bits per heavy atom. The van der Waals surface area contributed by atoms with E-state index in [-0.39, 0.29) is 30.5 Å². The highest BCUT2D eigenvalue weighted by Crippen LogP contribution is 2.19. The maximum atomic E-state index is 12.2. The second-order valence-corrected chi connectivity index (χ2v) is 6.11. The number of hydrogen-bond acceptors (Lipinski definition) is 2. The van der Waals surface area contributed by atoms with E-state index < -0.39 is 12.6 Å². The molecule has 4 nitrogen and oxygen atoms in total. The predicted octanol–water partition coefficient (Wildman–Crippen LogP) is 3.23. The molecule has 1 saturated heterocycles. The van der Waals surface area contributed by atoms with Crippen LogP contribution in [0.5, 0.6) is 0 Å². The molecular weight excluding hydrogens is 420 g/mol. The van der Waals surface area contributed by atoms with Crippen molar-refractivity contribution >= 4 is 29.9 Å². The minimum absolute atomic E-state index is 0. The van der Waals surface area contributed by atoms with Crippen LogP contribution in [0.2, 0.25) is 0 Å². The lowest BCUT2D eigenvalue weighted by molar-refractivity contribution is -0.132. The van der Waals surface area contributed by atoms with Crippen molar-refractivity contribution in [2.45, 2.75) is 52.3 Å². The number of nitrogens with one attached hydrogen (secondary N) is 2. The van der Waals surface area contributed by atoms with Gasteiger partial charge in [-0.05, 0) is 46.1 Å². The Hall–Kier alpha value is -0.250. The van der Waals surface area contributed by atoms with Crippen LogP contribution >= 0.6 is 24.0 Å². The minimum Gasteiger partial charge on any atom is -0.357 e. The highest BCUT2D eigenvalue weighted by Gasteiger charge is 2.26. The molecule has 1 unspecified atom stereocenters. The average molecular weight is 450 g/mol. The van der Waals surface area contributed by atoms with Crippen molar-refractivity contribution in [3.8, 4) is 0 Å². The molecule has 8 heteroatoms.